The van der Waals surface area contributed by atoms with Crippen LogP contribution in [0, 0.1) is 17.8 Å². The highest BCUT2D eigenvalue weighted by Crippen LogP contribution is 2.27. The standard InChI is InChI=1S/C59H104N2O13/c1-5-9-13-17-21-26-32-54(63)70-45-49(46-71-55(64)33-27-22-18-14-10-6-2)40-52(62)42-51-43-61(59(68)69-39-38-60-36-30-25-31-37-60)44-53(51)74-58(67)41-50(47-72-56(65)34-28-23-19-15-11-7-3)48-73-57(66)35-29-24-20-16-12-8-4/h49-51,53H,5-48H2,1-4H3/t51-,53+/m0/s1. The molecule has 0 aromatic rings. The van der Waals surface area contributed by atoms with Gasteiger partial charge in [0.05, 0.1) is 39.4 Å². The third-order valence-corrected chi connectivity index (χ3v) is 14.3. The van der Waals surface area contributed by atoms with Crippen molar-refractivity contribution in [3.8, 4) is 0 Å². The average Bonchev–Trinajstić information content (AvgIpc) is 3.78. The molecule has 0 radical (unpaired) electrons. The fourth-order valence-electron chi connectivity index (χ4n) is 9.67. The number of nitrogens with zero attached hydrogens (tertiary/aromatic N) is 2. The molecule has 2 fully saturated rings. The van der Waals surface area contributed by atoms with Crippen molar-refractivity contribution < 1.29 is 62.0 Å². The molecule has 0 saturated carbocycles. The number of hydrogen-bond donors (Lipinski definition) is 0. The predicted molar refractivity (Wildman–Crippen MR) is 288 cm³/mol. The van der Waals surface area contributed by atoms with E-state index in [1.54, 1.807) is 0 Å². The number of piperidine rings is 1. The Hall–Kier alpha value is -3.75. The zero-order valence-corrected chi connectivity index (χ0v) is 47.1. The zero-order valence-electron chi connectivity index (χ0n) is 47.1. The topological polar surface area (TPSA) is 181 Å². The van der Waals surface area contributed by atoms with Gasteiger partial charge in [-0.3, -0.25) is 33.7 Å². The molecule has 0 unspecified atom stereocenters. The van der Waals surface area contributed by atoms with Crippen molar-refractivity contribution in [3.05, 3.63) is 0 Å². The largest absolute Gasteiger partial charge is 0.465 e. The molecule has 2 aliphatic rings. The van der Waals surface area contributed by atoms with Crippen LogP contribution in [0.3, 0.4) is 0 Å². The Balaban J connectivity index is 2.18. The molecule has 2 atom stereocenters. The molecule has 2 saturated heterocycles. The summed E-state index contributed by atoms with van der Waals surface area (Å²) in [6, 6.07) is 0. The van der Waals surface area contributed by atoms with Gasteiger partial charge in [0, 0.05) is 69.4 Å². The molecule has 15 nitrogen and oxygen atoms in total. The van der Waals surface area contributed by atoms with Gasteiger partial charge in [-0.1, -0.05) is 163 Å². The lowest BCUT2D eigenvalue weighted by Crippen LogP contribution is -2.36. The minimum Gasteiger partial charge on any atom is -0.465 e. The van der Waals surface area contributed by atoms with Crippen molar-refractivity contribution in [2.24, 2.45) is 17.8 Å². The van der Waals surface area contributed by atoms with Crippen molar-refractivity contribution in [3.63, 3.8) is 0 Å². The van der Waals surface area contributed by atoms with Crippen LogP contribution in [0.4, 0.5) is 4.79 Å². The second-order valence-corrected chi connectivity index (χ2v) is 21.4. The van der Waals surface area contributed by atoms with Crippen LogP contribution in [0.25, 0.3) is 0 Å². The van der Waals surface area contributed by atoms with Gasteiger partial charge in [0.2, 0.25) is 0 Å². The molecule has 15 heteroatoms. The number of esters is 5. The maximum Gasteiger partial charge on any atom is 0.409 e. The molecule has 0 N–H and O–H groups in total. The summed E-state index contributed by atoms with van der Waals surface area (Å²) in [6.07, 6.45) is 27.2. The third kappa shape index (κ3) is 34.7. The van der Waals surface area contributed by atoms with Gasteiger partial charge < -0.3 is 33.3 Å². The highest BCUT2D eigenvalue weighted by Gasteiger charge is 2.40. The van der Waals surface area contributed by atoms with Crippen molar-refractivity contribution in [2.75, 3.05) is 65.8 Å². The summed E-state index contributed by atoms with van der Waals surface area (Å²) in [6.45, 7) is 11.0. The molecule has 0 spiro atoms. The Morgan fingerprint density at radius 1 is 0.432 bits per heavy atom. The van der Waals surface area contributed by atoms with Crippen LogP contribution in [0.1, 0.15) is 246 Å². The van der Waals surface area contributed by atoms with Crippen molar-refractivity contribution in [2.45, 2.75) is 252 Å². The predicted octanol–water partition coefficient (Wildman–Crippen LogP) is 12.6. The first kappa shape index (κ1) is 66.4. The number of rotatable bonds is 46. The van der Waals surface area contributed by atoms with Crippen LogP contribution in [-0.2, 0) is 57.2 Å². The van der Waals surface area contributed by atoms with E-state index in [2.05, 4.69) is 32.6 Å². The molecule has 2 rings (SSSR count). The third-order valence-electron chi connectivity index (χ3n) is 14.3. The summed E-state index contributed by atoms with van der Waals surface area (Å²) in [4.78, 5) is 96.5. The van der Waals surface area contributed by atoms with E-state index in [1.807, 2.05) is 0 Å². The van der Waals surface area contributed by atoms with Gasteiger partial charge in [-0.05, 0) is 51.6 Å². The molecular weight excluding hydrogens is 945 g/mol. The number of hydrogen-bond acceptors (Lipinski definition) is 14. The molecule has 0 aromatic carbocycles. The van der Waals surface area contributed by atoms with Crippen molar-refractivity contribution >= 4 is 41.7 Å². The number of amides is 1. The summed E-state index contributed by atoms with van der Waals surface area (Å²) >= 11 is 0. The number of ketones is 1. The van der Waals surface area contributed by atoms with E-state index in [1.165, 1.54) is 24.2 Å². The smallest absolute Gasteiger partial charge is 0.409 e. The van der Waals surface area contributed by atoms with E-state index in [-0.39, 0.29) is 121 Å². The molecular formula is C59H104N2O13. The second-order valence-electron chi connectivity index (χ2n) is 21.4. The maximum absolute atomic E-state index is 14.0. The fourth-order valence-corrected chi connectivity index (χ4v) is 9.67. The summed E-state index contributed by atoms with van der Waals surface area (Å²) in [5, 5.41) is 0. The minimum atomic E-state index is -0.865. The van der Waals surface area contributed by atoms with Crippen molar-refractivity contribution in [1.82, 2.24) is 9.80 Å². The van der Waals surface area contributed by atoms with E-state index in [0.29, 0.717) is 32.2 Å². The Kier molecular flexibility index (Phi) is 39.8. The molecule has 74 heavy (non-hydrogen) atoms. The Labute approximate surface area is 447 Å². The lowest BCUT2D eigenvalue weighted by Gasteiger charge is -2.26. The van der Waals surface area contributed by atoms with Gasteiger partial charge in [0.1, 0.15) is 18.5 Å². The summed E-state index contributed by atoms with van der Waals surface area (Å²) in [5.74, 6) is -4.16. The van der Waals surface area contributed by atoms with E-state index in [9.17, 15) is 33.6 Å². The van der Waals surface area contributed by atoms with E-state index in [0.717, 1.165) is 142 Å². The van der Waals surface area contributed by atoms with Crippen LogP contribution in [0.5, 0.6) is 0 Å². The van der Waals surface area contributed by atoms with Gasteiger partial charge in [-0.25, -0.2) is 4.79 Å². The molecule has 0 aromatic heterocycles. The number of likely N-dealkylation sites (tertiary alicyclic amines) is 2. The van der Waals surface area contributed by atoms with Gasteiger partial charge >= 0.3 is 35.9 Å². The summed E-state index contributed by atoms with van der Waals surface area (Å²) in [7, 11) is 0. The first-order valence-electron chi connectivity index (χ1n) is 29.9. The van der Waals surface area contributed by atoms with Crippen LogP contribution in [0.2, 0.25) is 0 Å². The first-order chi connectivity index (χ1) is 36.0. The molecule has 2 aliphatic heterocycles. The quantitative estimate of drug-likeness (QED) is 0.0319. The number of ether oxygens (including phenoxy) is 6. The van der Waals surface area contributed by atoms with Gasteiger partial charge in [0.25, 0.3) is 0 Å². The first-order valence-corrected chi connectivity index (χ1v) is 29.9. The van der Waals surface area contributed by atoms with Crippen LogP contribution in [0.15, 0.2) is 0 Å². The van der Waals surface area contributed by atoms with Gasteiger partial charge in [0.15, 0.2) is 0 Å². The fraction of sp³-hybridized carbons (Fsp3) is 0.881. The van der Waals surface area contributed by atoms with Crippen LogP contribution < -0.4 is 0 Å². The number of unbranched alkanes of at least 4 members (excludes halogenated alkanes) is 20. The lowest BCUT2D eigenvalue weighted by atomic mass is 9.94. The number of Topliss-reactive ketones (excluding diaryl/α,β-unsaturated/α-hetero) is 1. The SMILES string of the molecule is CCCCCCCCC(=O)OCC(COC(=O)CCCCCCCC)CC(=O)C[C@H]1CN(C(=O)OCCN2CCCCC2)C[C@H]1OC(=O)CC(COC(=O)CCCCCCCC)COC(=O)CCCCCCCC. The summed E-state index contributed by atoms with van der Waals surface area (Å²) in [5.41, 5.74) is 0. The Morgan fingerprint density at radius 3 is 1.22 bits per heavy atom. The Morgan fingerprint density at radius 2 is 0.811 bits per heavy atom. The molecule has 0 bridgehead atoms. The van der Waals surface area contributed by atoms with Gasteiger partial charge in [-0.2, -0.15) is 0 Å². The van der Waals surface area contributed by atoms with E-state index >= 15 is 0 Å². The van der Waals surface area contributed by atoms with Crippen LogP contribution in [-0.4, -0.2) is 123 Å². The zero-order chi connectivity index (χ0) is 53.9. The van der Waals surface area contributed by atoms with Gasteiger partial charge in [-0.15, -0.1) is 0 Å². The maximum atomic E-state index is 14.0. The Bertz CT molecular complexity index is 1360. The molecule has 428 valence electrons. The highest BCUT2D eigenvalue weighted by molar-refractivity contribution is 5.80. The molecule has 2 heterocycles. The number of carbonyl (C=O) groups excluding carboxylic acids is 7. The highest BCUT2D eigenvalue weighted by atomic mass is 16.6. The normalized spacial score (nSPS) is 15.8. The van der Waals surface area contributed by atoms with E-state index < -0.39 is 35.9 Å². The molecule has 0 aliphatic carbocycles. The molecule has 1 amide bonds. The van der Waals surface area contributed by atoms with E-state index in [4.69, 9.17) is 28.4 Å². The number of carbonyl (C=O) groups is 7. The van der Waals surface area contributed by atoms with Crippen molar-refractivity contribution in [1.29, 1.82) is 0 Å². The monoisotopic (exact) mass is 1050 g/mol. The minimum absolute atomic E-state index is 0.00687. The second kappa shape index (κ2) is 44.4. The average molecular weight is 1050 g/mol. The lowest BCUT2D eigenvalue weighted by molar-refractivity contribution is -0.158. The van der Waals surface area contributed by atoms with Crippen LogP contribution >= 0.6 is 0 Å². The summed E-state index contributed by atoms with van der Waals surface area (Å²) < 4.78 is 34.4.